The van der Waals surface area contributed by atoms with Gasteiger partial charge >= 0.3 is 12.1 Å². The smallest absolute Gasteiger partial charge is 0.408 e. The highest BCUT2D eigenvalue weighted by atomic mass is 16.6. The fourth-order valence-electron chi connectivity index (χ4n) is 1.06. The predicted molar refractivity (Wildman–Crippen MR) is 58.7 cm³/mol. The van der Waals surface area contributed by atoms with E-state index in [9.17, 15) is 9.59 Å². The quantitative estimate of drug-likeness (QED) is 0.844. The second-order valence-electron chi connectivity index (χ2n) is 4.46. The van der Waals surface area contributed by atoms with Crippen LogP contribution in [-0.4, -0.2) is 22.8 Å². The molecule has 0 unspecified atom stereocenters. The Balaban J connectivity index is 2.45. The summed E-state index contributed by atoms with van der Waals surface area (Å²) >= 11 is 0. The maximum Gasteiger partial charge on any atom is 0.408 e. The van der Waals surface area contributed by atoms with Crippen LogP contribution < -0.4 is 5.32 Å². The Morgan fingerprint density at radius 2 is 2.12 bits per heavy atom. The first-order chi connectivity index (χ1) is 7.78. The summed E-state index contributed by atoms with van der Waals surface area (Å²) in [4.78, 5) is 21.8. The molecule has 1 aromatic heterocycles. The standard InChI is InChI=1S/C11H15NO5/c1-11(2,3)17-10(15)12-5-8-4-7(6-16-8)9(13)14/h4,6H,5H2,1-3H3,(H,12,15)(H,13,14). The van der Waals surface area contributed by atoms with Gasteiger partial charge in [0.15, 0.2) is 0 Å². The monoisotopic (exact) mass is 241 g/mol. The van der Waals surface area contributed by atoms with Gasteiger partial charge in [-0.05, 0) is 26.8 Å². The Labute approximate surface area is 98.6 Å². The maximum absolute atomic E-state index is 11.3. The molecule has 0 radical (unpaired) electrons. The van der Waals surface area contributed by atoms with E-state index in [0.717, 1.165) is 6.26 Å². The number of carboxylic acid groups (broad SMARTS) is 1. The molecule has 0 saturated carbocycles. The summed E-state index contributed by atoms with van der Waals surface area (Å²) in [5, 5.41) is 11.1. The Kier molecular flexibility index (Phi) is 3.77. The van der Waals surface area contributed by atoms with Crippen LogP contribution in [0.2, 0.25) is 0 Å². The molecule has 6 nitrogen and oxygen atoms in total. The third kappa shape index (κ3) is 4.58. The number of hydrogen-bond donors (Lipinski definition) is 2. The molecule has 2 N–H and O–H groups in total. The van der Waals surface area contributed by atoms with E-state index in [4.69, 9.17) is 14.3 Å². The van der Waals surface area contributed by atoms with Crippen LogP contribution >= 0.6 is 0 Å². The van der Waals surface area contributed by atoms with Crippen molar-refractivity contribution in [1.82, 2.24) is 5.32 Å². The van der Waals surface area contributed by atoms with Crippen molar-refractivity contribution in [2.24, 2.45) is 0 Å². The van der Waals surface area contributed by atoms with Crippen molar-refractivity contribution >= 4 is 12.1 Å². The van der Waals surface area contributed by atoms with Crippen LogP contribution in [-0.2, 0) is 11.3 Å². The van der Waals surface area contributed by atoms with Gasteiger partial charge in [0.25, 0.3) is 0 Å². The minimum Gasteiger partial charge on any atom is -0.478 e. The number of rotatable bonds is 3. The lowest BCUT2D eigenvalue weighted by atomic mass is 10.2. The van der Waals surface area contributed by atoms with Gasteiger partial charge in [0, 0.05) is 0 Å². The van der Waals surface area contributed by atoms with Gasteiger partial charge in [0.1, 0.15) is 17.6 Å². The number of aromatic carboxylic acids is 1. The Bertz CT molecular complexity index is 416. The molecule has 0 spiro atoms. The van der Waals surface area contributed by atoms with Gasteiger partial charge in [-0.15, -0.1) is 0 Å². The lowest BCUT2D eigenvalue weighted by Gasteiger charge is -2.19. The topological polar surface area (TPSA) is 88.8 Å². The van der Waals surface area contributed by atoms with Crippen molar-refractivity contribution in [3.63, 3.8) is 0 Å². The second kappa shape index (κ2) is 4.90. The normalized spacial score (nSPS) is 11.0. The molecule has 0 bridgehead atoms. The van der Waals surface area contributed by atoms with Gasteiger partial charge in [-0.2, -0.15) is 0 Å². The highest BCUT2D eigenvalue weighted by Gasteiger charge is 2.16. The van der Waals surface area contributed by atoms with Gasteiger partial charge in [-0.1, -0.05) is 0 Å². The zero-order chi connectivity index (χ0) is 13.1. The molecule has 0 aliphatic rings. The minimum atomic E-state index is -1.07. The fraction of sp³-hybridized carbons (Fsp3) is 0.455. The van der Waals surface area contributed by atoms with Gasteiger partial charge < -0.3 is 19.6 Å². The molecule has 0 aliphatic carbocycles. The summed E-state index contributed by atoms with van der Waals surface area (Å²) in [6.07, 6.45) is 0.541. The molecule has 6 heteroatoms. The SMILES string of the molecule is CC(C)(C)OC(=O)NCc1cc(C(=O)O)co1. The summed E-state index contributed by atoms with van der Waals surface area (Å²) < 4.78 is 9.96. The largest absolute Gasteiger partial charge is 0.478 e. The molecule has 0 saturated heterocycles. The summed E-state index contributed by atoms with van der Waals surface area (Å²) in [5.41, 5.74) is -0.523. The van der Waals surface area contributed by atoms with Crippen molar-refractivity contribution in [3.8, 4) is 0 Å². The van der Waals surface area contributed by atoms with E-state index in [0.29, 0.717) is 5.76 Å². The summed E-state index contributed by atoms with van der Waals surface area (Å²) in [6, 6.07) is 1.35. The van der Waals surface area contributed by atoms with Crippen molar-refractivity contribution in [2.45, 2.75) is 32.9 Å². The van der Waals surface area contributed by atoms with E-state index in [2.05, 4.69) is 5.32 Å². The van der Waals surface area contributed by atoms with Gasteiger partial charge in [-0.25, -0.2) is 9.59 Å². The van der Waals surface area contributed by atoms with Gasteiger partial charge in [-0.3, -0.25) is 0 Å². The highest BCUT2D eigenvalue weighted by molar-refractivity contribution is 5.87. The first-order valence-electron chi connectivity index (χ1n) is 5.05. The van der Waals surface area contributed by atoms with E-state index in [1.54, 1.807) is 20.8 Å². The minimum absolute atomic E-state index is 0.0472. The molecule has 0 aliphatic heterocycles. The number of amides is 1. The number of carbonyl (C=O) groups is 2. The zero-order valence-corrected chi connectivity index (χ0v) is 9.94. The number of hydrogen-bond acceptors (Lipinski definition) is 4. The van der Waals surface area contributed by atoms with E-state index in [-0.39, 0.29) is 12.1 Å². The number of carbonyl (C=O) groups excluding carboxylic acids is 1. The van der Waals surface area contributed by atoms with E-state index < -0.39 is 17.7 Å². The molecular weight excluding hydrogens is 226 g/mol. The predicted octanol–water partition coefficient (Wildman–Crippen LogP) is 2.00. The van der Waals surface area contributed by atoms with Crippen LogP contribution in [0.25, 0.3) is 0 Å². The van der Waals surface area contributed by atoms with Crippen molar-refractivity contribution in [3.05, 3.63) is 23.7 Å². The molecule has 1 aromatic rings. The van der Waals surface area contributed by atoms with Crippen LogP contribution in [0.4, 0.5) is 4.79 Å². The summed E-state index contributed by atoms with van der Waals surface area (Å²) in [6.45, 7) is 5.34. The lowest BCUT2D eigenvalue weighted by Crippen LogP contribution is -2.32. The van der Waals surface area contributed by atoms with Crippen LogP contribution in [0.15, 0.2) is 16.7 Å². The summed E-state index contributed by atoms with van der Waals surface area (Å²) in [7, 11) is 0. The fourth-order valence-corrected chi connectivity index (χ4v) is 1.06. The van der Waals surface area contributed by atoms with E-state index in [1.807, 2.05) is 0 Å². The first-order valence-corrected chi connectivity index (χ1v) is 5.05. The number of alkyl carbamates (subject to hydrolysis) is 1. The molecule has 1 heterocycles. The molecule has 0 aromatic carbocycles. The van der Waals surface area contributed by atoms with Gasteiger partial charge in [0.05, 0.1) is 12.1 Å². The van der Waals surface area contributed by atoms with Crippen LogP contribution in [0, 0.1) is 0 Å². The molecule has 0 fully saturated rings. The molecule has 0 atom stereocenters. The van der Waals surface area contributed by atoms with Crippen molar-refractivity contribution in [2.75, 3.05) is 0 Å². The number of ether oxygens (including phenoxy) is 1. The maximum atomic E-state index is 11.3. The molecule has 17 heavy (non-hydrogen) atoms. The summed E-state index contributed by atoms with van der Waals surface area (Å²) in [5.74, 6) is -0.717. The highest BCUT2D eigenvalue weighted by Crippen LogP contribution is 2.09. The zero-order valence-electron chi connectivity index (χ0n) is 9.94. The Hall–Kier alpha value is -1.98. The first kappa shape index (κ1) is 13.1. The average molecular weight is 241 g/mol. The molecule has 1 rings (SSSR count). The molecular formula is C11H15NO5. The Morgan fingerprint density at radius 1 is 1.47 bits per heavy atom. The lowest BCUT2D eigenvalue weighted by molar-refractivity contribution is 0.0519. The number of furan rings is 1. The number of nitrogens with one attached hydrogen (secondary N) is 1. The molecule has 94 valence electrons. The third-order valence-electron chi connectivity index (χ3n) is 1.71. The average Bonchev–Trinajstić information content (AvgIpc) is 2.60. The third-order valence-corrected chi connectivity index (χ3v) is 1.71. The van der Waals surface area contributed by atoms with Crippen LogP contribution in [0.5, 0.6) is 0 Å². The van der Waals surface area contributed by atoms with Crippen LogP contribution in [0.3, 0.4) is 0 Å². The second-order valence-corrected chi connectivity index (χ2v) is 4.46. The van der Waals surface area contributed by atoms with Gasteiger partial charge in [0.2, 0.25) is 0 Å². The number of carboxylic acids is 1. The van der Waals surface area contributed by atoms with Crippen LogP contribution in [0.1, 0.15) is 36.9 Å². The van der Waals surface area contributed by atoms with Crippen molar-refractivity contribution in [1.29, 1.82) is 0 Å². The van der Waals surface area contributed by atoms with Crippen molar-refractivity contribution < 1.29 is 23.8 Å². The Morgan fingerprint density at radius 3 is 2.59 bits per heavy atom. The van der Waals surface area contributed by atoms with E-state index >= 15 is 0 Å². The van der Waals surface area contributed by atoms with E-state index in [1.165, 1.54) is 6.07 Å². The molecule has 1 amide bonds.